The van der Waals surface area contributed by atoms with E-state index in [4.69, 9.17) is 0 Å². The Hall–Kier alpha value is -1.26. The van der Waals surface area contributed by atoms with E-state index in [-0.39, 0.29) is 5.91 Å². The van der Waals surface area contributed by atoms with Crippen molar-refractivity contribution in [2.24, 2.45) is 10.4 Å². The number of nitrogens with one attached hydrogen (secondary N) is 3. The molecule has 0 spiro atoms. The van der Waals surface area contributed by atoms with E-state index in [9.17, 15) is 4.79 Å². The minimum atomic E-state index is -0.454. The molecule has 100 valence electrons. The molecule has 0 aliphatic carbocycles. The van der Waals surface area contributed by atoms with Crippen molar-refractivity contribution in [3.05, 3.63) is 0 Å². The van der Waals surface area contributed by atoms with Crippen molar-refractivity contribution in [2.75, 3.05) is 20.1 Å². The van der Waals surface area contributed by atoms with E-state index in [0.29, 0.717) is 19.1 Å². The molecule has 0 radical (unpaired) electrons. The zero-order valence-electron chi connectivity index (χ0n) is 11.8. The maximum absolute atomic E-state index is 11.8. The summed E-state index contributed by atoms with van der Waals surface area (Å²) in [5.74, 6) is 0.768. The Balaban J connectivity index is 4.29. The molecule has 5 nitrogen and oxygen atoms in total. The first-order valence-electron chi connectivity index (χ1n) is 6.09. The standard InChI is InChI=1S/C12H26N4O/c1-7-14-10(17)12(4,5)8-15-11(13-6)16-9(2)3/h9H,7-8H2,1-6H3,(H,14,17)(H2,13,15,16). The maximum Gasteiger partial charge on any atom is 0.227 e. The molecule has 0 rings (SSSR count). The molecule has 0 bridgehead atoms. The lowest BCUT2D eigenvalue weighted by atomic mass is 9.92. The van der Waals surface area contributed by atoms with Crippen molar-refractivity contribution in [1.82, 2.24) is 16.0 Å². The van der Waals surface area contributed by atoms with Gasteiger partial charge in [0.1, 0.15) is 0 Å². The van der Waals surface area contributed by atoms with Crippen LogP contribution in [0.4, 0.5) is 0 Å². The molecule has 0 fully saturated rings. The number of guanidine groups is 1. The van der Waals surface area contributed by atoms with E-state index in [1.807, 2.05) is 34.6 Å². The number of hydrogen-bond acceptors (Lipinski definition) is 2. The Labute approximate surface area is 104 Å². The summed E-state index contributed by atoms with van der Waals surface area (Å²) in [6, 6.07) is 0.314. The third-order valence-corrected chi connectivity index (χ3v) is 2.30. The van der Waals surface area contributed by atoms with Crippen molar-refractivity contribution in [3.8, 4) is 0 Å². The monoisotopic (exact) mass is 242 g/mol. The average Bonchev–Trinajstić information content (AvgIpc) is 2.24. The highest BCUT2D eigenvalue weighted by atomic mass is 16.2. The van der Waals surface area contributed by atoms with Crippen LogP contribution in [0, 0.1) is 5.41 Å². The zero-order valence-corrected chi connectivity index (χ0v) is 11.8. The Bertz CT molecular complexity index is 272. The normalized spacial score (nSPS) is 12.5. The van der Waals surface area contributed by atoms with Crippen LogP contribution < -0.4 is 16.0 Å². The van der Waals surface area contributed by atoms with Crippen molar-refractivity contribution in [1.29, 1.82) is 0 Å². The summed E-state index contributed by atoms with van der Waals surface area (Å²) in [4.78, 5) is 15.9. The van der Waals surface area contributed by atoms with Crippen LogP contribution in [0.25, 0.3) is 0 Å². The molecule has 0 aliphatic rings. The molecular weight excluding hydrogens is 216 g/mol. The Morgan fingerprint density at radius 2 is 1.88 bits per heavy atom. The number of nitrogens with zero attached hydrogens (tertiary/aromatic N) is 1. The van der Waals surface area contributed by atoms with Gasteiger partial charge in [0.25, 0.3) is 0 Å². The molecule has 0 unspecified atom stereocenters. The minimum Gasteiger partial charge on any atom is -0.356 e. The lowest BCUT2D eigenvalue weighted by molar-refractivity contribution is -0.128. The maximum atomic E-state index is 11.8. The van der Waals surface area contributed by atoms with Gasteiger partial charge in [-0.25, -0.2) is 0 Å². The van der Waals surface area contributed by atoms with Gasteiger partial charge < -0.3 is 16.0 Å². The highest BCUT2D eigenvalue weighted by Gasteiger charge is 2.27. The highest BCUT2D eigenvalue weighted by molar-refractivity contribution is 5.84. The largest absolute Gasteiger partial charge is 0.356 e. The third-order valence-electron chi connectivity index (χ3n) is 2.30. The molecule has 0 saturated heterocycles. The fourth-order valence-corrected chi connectivity index (χ4v) is 1.25. The quantitative estimate of drug-likeness (QED) is 0.492. The number of carbonyl (C=O) groups excluding carboxylic acids is 1. The van der Waals surface area contributed by atoms with Gasteiger partial charge in [0.05, 0.1) is 5.41 Å². The van der Waals surface area contributed by atoms with Crippen molar-refractivity contribution >= 4 is 11.9 Å². The molecule has 3 N–H and O–H groups in total. The summed E-state index contributed by atoms with van der Waals surface area (Å²) in [7, 11) is 1.72. The van der Waals surface area contributed by atoms with E-state index in [2.05, 4.69) is 20.9 Å². The van der Waals surface area contributed by atoms with Crippen LogP contribution >= 0.6 is 0 Å². The number of hydrogen-bond donors (Lipinski definition) is 3. The third kappa shape index (κ3) is 6.14. The van der Waals surface area contributed by atoms with Gasteiger partial charge in [0.2, 0.25) is 5.91 Å². The molecule has 17 heavy (non-hydrogen) atoms. The van der Waals surface area contributed by atoms with Crippen LogP contribution in [0.3, 0.4) is 0 Å². The van der Waals surface area contributed by atoms with Crippen molar-refractivity contribution < 1.29 is 4.79 Å². The highest BCUT2D eigenvalue weighted by Crippen LogP contribution is 2.13. The first-order valence-corrected chi connectivity index (χ1v) is 6.09. The fraction of sp³-hybridized carbons (Fsp3) is 0.833. The van der Waals surface area contributed by atoms with Crippen LogP contribution in [0.15, 0.2) is 4.99 Å². The van der Waals surface area contributed by atoms with Crippen LogP contribution in [0.2, 0.25) is 0 Å². The van der Waals surface area contributed by atoms with Crippen LogP contribution in [0.5, 0.6) is 0 Å². The predicted molar refractivity (Wildman–Crippen MR) is 72.1 cm³/mol. The number of rotatable bonds is 5. The SMILES string of the molecule is CCNC(=O)C(C)(C)CNC(=NC)NC(C)C. The van der Waals surface area contributed by atoms with Crippen LogP contribution in [0.1, 0.15) is 34.6 Å². The molecule has 0 heterocycles. The molecule has 5 heteroatoms. The Morgan fingerprint density at radius 3 is 2.29 bits per heavy atom. The predicted octanol–water partition coefficient (Wildman–Crippen LogP) is 0.722. The van der Waals surface area contributed by atoms with Gasteiger partial charge in [-0.1, -0.05) is 0 Å². The van der Waals surface area contributed by atoms with Crippen molar-refractivity contribution in [2.45, 2.75) is 40.7 Å². The van der Waals surface area contributed by atoms with Crippen molar-refractivity contribution in [3.63, 3.8) is 0 Å². The average molecular weight is 242 g/mol. The summed E-state index contributed by atoms with van der Waals surface area (Å²) >= 11 is 0. The first kappa shape index (κ1) is 15.7. The summed E-state index contributed by atoms with van der Waals surface area (Å²) in [6.45, 7) is 11.0. The summed E-state index contributed by atoms with van der Waals surface area (Å²) in [6.07, 6.45) is 0. The summed E-state index contributed by atoms with van der Waals surface area (Å²) < 4.78 is 0. The topological polar surface area (TPSA) is 65.5 Å². The Kier molecular flexibility index (Phi) is 6.61. The molecule has 1 amide bonds. The lowest BCUT2D eigenvalue weighted by Gasteiger charge is -2.25. The van der Waals surface area contributed by atoms with E-state index in [0.717, 1.165) is 5.96 Å². The van der Waals surface area contributed by atoms with E-state index < -0.39 is 5.41 Å². The van der Waals surface area contributed by atoms with Gasteiger partial charge in [-0.3, -0.25) is 9.79 Å². The molecule has 0 saturated carbocycles. The molecule has 0 aromatic carbocycles. The van der Waals surface area contributed by atoms with Crippen LogP contribution in [-0.4, -0.2) is 38.0 Å². The molecular formula is C12H26N4O. The van der Waals surface area contributed by atoms with E-state index >= 15 is 0 Å². The van der Waals surface area contributed by atoms with Gasteiger partial charge in [-0.15, -0.1) is 0 Å². The van der Waals surface area contributed by atoms with Gasteiger partial charge in [-0.05, 0) is 34.6 Å². The second kappa shape index (κ2) is 7.14. The van der Waals surface area contributed by atoms with Gasteiger partial charge in [-0.2, -0.15) is 0 Å². The number of amides is 1. The zero-order chi connectivity index (χ0) is 13.5. The van der Waals surface area contributed by atoms with E-state index in [1.54, 1.807) is 7.05 Å². The minimum absolute atomic E-state index is 0.0486. The molecule has 0 aromatic rings. The molecule has 0 aromatic heterocycles. The van der Waals surface area contributed by atoms with Gasteiger partial charge in [0, 0.05) is 26.2 Å². The number of carbonyl (C=O) groups is 1. The molecule has 0 atom stereocenters. The summed E-state index contributed by atoms with van der Waals surface area (Å²) in [5.41, 5.74) is -0.454. The second-order valence-corrected chi connectivity index (χ2v) is 4.97. The number of aliphatic imine (C=N–C) groups is 1. The second-order valence-electron chi connectivity index (χ2n) is 4.97. The van der Waals surface area contributed by atoms with Gasteiger partial charge in [0.15, 0.2) is 5.96 Å². The Morgan fingerprint density at radius 1 is 1.29 bits per heavy atom. The van der Waals surface area contributed by atoms with Gasteiger partial charge >= 0.3 is 0 Å². The lowest BCUT2D eigenvalue weighted by Crippen LogP contribution is -2.49. The smallest absolute Gasteiger partial charge is 0.227 e. The summed E-state index contributed by atoms with van der Waals surface area (Å²) in [5, 5.41) is 9.17. The van der Waals surface area contributed by atoms with E-state index in [1.165, 1.54) is 0 Å². The fourth-order valence-electron chi connectivity index (χ4n) is 1.25. The molecule has 0 aliphatic heterocycles. The first-order chi connectivity index (χ1) is 7.83. The van der Waals surface area contributed by atoms with Crippen LogP contribution in [-0.2, 0) is 4.79 Å².